The van der Waals surface area contributed by atoms with Gasteiger partial charge in [0.05, 0.1) is 17.5 Å². The fraction of sp³-hybridized carbons (Fsp3) is 0.261. The molecule has 1 aliphatic heterocycles. The number of aromatic carboxylic acids is 1. The highest BCUT2D eigenvalue weighted by molar-refractivity contribution is 5.87. The lowest BCUT2D eigenvalue weighted by molar-refractivity contribution is -0.132. The highest BCUT2D eigenvalue weighted by Crippen LogP contribution is 2.15. The lowest BCUT2D eigenvalue weighted by Crippen LogP contribution is -2.48. The van der Waals surface area contributed by atoms with Crippen LogP contribution >= 0.6 is 0 Å². The van der Waals surface area contributed by atoms with E-state index in [1.165, 1.54) is 5.56 Å². The van der Waals surface area contributed by atoms with Crippen molar-refractivity contribution in [3.05, 3.63) is 77.5 Å². The Morgan fingerprint density at radius 1 is 0.931 bits per heavy atom. The molecule has 6 heteroatoms. The van der Waals surface area contributed by atoms with Crippen LogP contribution in [0.4, 0.5) is 0 Å². The van der Waals surface area contributed by atoms with Crippen molar-refractivity contribution in [2.45, 2.75) is 13.0 Å². The van der Waals surface area contributed by atoms with Gasteiger partial charge in [-0.3, -0.25) is 14.7 Å². The van der Waals surface area contributed by atoms with E-state index in [1.807, 2.05) is 29.3 Å². The van der Waals surface area contributed by atoms with Gasteiger partial charge in [0.25, 0.3) is 0 Å². The summed E-state index contributed by atoms with van der Waals surface area (Å²) in [6, 6.07) is 16.8. The molecule has 1 saturated heterocycles. The molecule has 0 spiro atoms. The molecule has 3 aromatic rings. The van der Waals surface area contributed by atoms with Crippen LogP contribution in [0.3, 0.4) is 0 Å². The molecule has 2 heterocycles. The Kier molecular flexibility index (Phi) is 5.53. The molecule has 0 saturated carbocycles. The standard InChI is InChI=1S/C23H23N3O3/c27-22(14-17-5-7-19(8-6-17)23(28)29)26-11-9-25(10-12-26)16-18-13-20-3-1-2-4-21(20)24-15-18/h1-8,13,15H,9-12,14,16H2,(H,28,29). The summed E-state index contributed by atoms with van der Waals surface area (Å²) in [4.78, 5) is 32.3. The first-order valence-corrected chi connectivity index (χ1v) is 9.74. The molecule has 29 heavy (non-hydrogen) atoms. The molecule has 1 fully saturated rings. The predicted molar refractivity (Wildman–Crippen MR) is 111 cm³/mol. The number of amides is 1. The third-order valence-corrected chi connectivity index (χ3v) is 5.33. The van der Waals surface area contributed by atoms with Crippen LogP contribution in [0.5, 0.6) is 0 Å². The van der Waals surface area contributed by atoms with E-state index in [0.29, 0.717) is 19.5 Å². The third kappa shape index (κ3) is 4.60. The SMILES string of the molecule is O=C(O)c1ccc(CC(=O)N2CCN(Cc3cnc4ccccc4c3)CC2)cc1. The van der Waals surface area contributed by atoms with E-state index in [1.54, 1.807) is 24.3 Å². The Balaban J connectivity index is 1.30. The smallest absolute Gasteiger partial charge is 0.335 e. The second-order valence-corrected chi connectivity index (χ2v) is 7.37. The van der Waals surface area contributed by atoms with E-state index in [4.69, 9.17) is 5.11 Å². The second kappa shape index (κ2) is 8.41. The summed E-state index contributed by atoms with van der Waals surface area (Å²) in [6.07, 6.45) is 2.23. The van der Waals surface area contributed by atoms with Crippen molar-refractivity contribution in [1.29, 1.82) is 0 Å². The summed E-state index contributed by atoms with van der Waals surface area (Å²) in [5.41, 5.74) is 3.26. The van der Waals surface area contributed by atoms with Gasteiger partial charge in [0.15, 0.2) is 0 Å². The number of pyridine rings is 1. The zero-order chi connectivity index (χ0) is 20.2. The molecular weight excluding hydrogens is 366 g/mol. The van der Waals surface area contributed by atoms with Crippen molar-refractivity contribution in [3.8, 4) is 0 Å². The highest BCUT2D eigenvalue weighted by Gasteiger charge is 2.21. The molecule has 148 valence electrons. The number of carbonyl (C=O) groups is 2. The zero-order valence-electron chi connectivity index (χ0n) is 16.1. The van der Waals surface area contributed by atoms with E-state index in [-0.39, 0.29) is 11.5 Å². The van der Waals surface area contributed by atoms with Crippen molar-refractivity contribution < 1.29 is 14.7 Å². The summed E-state index contributed by atoms with van der Waals surface area (Å²) in [7, 11) is 0. The molecule has 0 radical (unpaired) electrons. The van der Waals surface area contributed by atoms with Crippen LogP contribution < -0.4 is 0 Å². The molecule has 0 atom stereocenters. The van der Waals surface area contributed by atoms with Gasteiger partial charge in [0.2, 0.25) is 5.91 Å². The number of benzene rings is 2. The Bertz CT molecular complexity index is 1020. The van der Waals surface area contributed by atoms with Gasteiger partial charge in [0.1, 0.15) is 0 Å². The number of para-hydroxylation sites is 1. The Labute approximate surface area is 169 Å². The van der Waals surface area contributed by atoms with Gasteiger partial charge in [0, 0.05) is 44.3 Å². The minimum absolute atomic E-state index is 0.0834. The molecule has 0 bridgehead atoms. The van der Waals surface area contributed by atoms with Crippen molar-refractivity contribution >= 4 is 22.8 Å². The highest BCUT2D eigenvalue weighted by atomic mass is 16.4. The number of piperazine rings is 1. The number of carbonyl (C=O) groups excluding carboxylic acids is 1. The largest absolute Gasteiger partial charge is 0.478 e. The first kappa shape index (κ1) is 19.1. The van der Waals surface area contributed by atoms with Gasteiger partial charge < -0.3 is 10.0 Å². The lowest BCUT2D eigenvalue weighted by Gasteiger charge is -2.34. The van der Waals surface area contributed by atoms with Crippen LogP contribution in [-0.4, -0.2) is 57.9 Å². The van der Waals surface area contributed by atoms with Crippen molar-refractivity contribution in [2.24, 2.45) is 0 Å². The summed E-state index contributed by atoms with van der Waals surface area (Å²) < 4.78 is 0. The second-order valence-electron chi connectivity index (χ2n) is 7.37. The molecule has 1 amide bonds. The maximum Gasteiger partial charge on any atom is 0.335 e. The van der Waals surface area contributed by atoms with Crippen LogP contribution in [0, 0.1) is 0 Å². The quantitative estimate of drug-likeness (QED) is 0.726. The van der Waals surface area contributed by atoms with Gasteiger partial charge in [-0.1, -0.05) is 30.3 Å². The van der Waals surface area contributed by atoms with Crippen LogP contribution in [0.1, 0.15) is 21.5 Å². The van der Waals surface area contributed by atoms with E-state index >= 15 is 0 Å². The molecule has 0 aliphatic carbocycles. The van der Waals surface area contributed by atoms with Crippen LogP contribution in [0.2, 0.25) is 0 Å². The molecule has 1 N–H and O–H groups in total. The minimum Gasteiger partial charge on any atom is -0.478 e. The van der Waals surface area contributed by atoms with Gasteiger partial charge in [-0.25, -0.2) is 4.79 Å². The number of fused-ring (bicyclic) bond motifs is 1. The Morgan fingerprint density at radius 3 is 2.38 bits per heavy atom. The first-order valence-electron chi connectivity index (χ1n) is 9.74. The number of carboxylic acids is 1. The number of rotatable bonds is 5. The van der Waals surface area contributed by atoms with Gasteiger partial charge in [-0.2, -0.15) is 0 Å². The number of hydrogen-bond donors (Lipinski definition) is 1. The van der Waals surface area contributed by atoms with Gasteiger partial charge >= 0.3 is 5.97 Å². The van der Waals surface area contributed by atoms with Gasteiger partial charge in [-0.15, -0.1) is 0 Å². The average molecular weight is 389 g/mol. The van der Waals surface area contributed by atoms with Crippen molar-refractivity contribution in [2.75, 3.05) is 26.2 Å². The summed E-state index contributed by atoms with van der Waals surface area (Å²) in [6.45, 7) is 3.89. The Hall–Kier alpha value is -3.25. The number of carboxylic acid groups (broad SMARTS) is 1. The first-order chi connectivity index (χ1) is 14.1. The minimum atomic E-state index is -0.958. The van der Waals surface area contributed by atoms with E-state index in [0.717, 1.165) is 36.1 Å². The number of aromatic nitrogens is 1. The van der Waals surface area contributed by atoms with Crippen molar-refractivity contribution in [3.63, 3.8) is 0 Å². The van der Waals surface area contributed by atoms with E-state index < -0.39 is 5.97 Å². The molecule has 6 nitrogen and oxygen atoms in total. The normalized spacial score (nSPS) is 14.8. The monoisotopic (exact) mass is 389 g/mol. The molecule has 0 unspecified atom stereocenters. The fourth-order valence-electron chi connectivity index (χ4n) is 3.67. The Morgan fingerprint density at radius 2 is 1.66 bits per heavy atom. The summed E-state index contributed by atoms with van der Waals surface area (Å²) in [5, 5.41) is 10.1. The zero-order valence-corrected chi connectivity index (χ0v) is 16.1. The topological polar surface area (TPSA) is 73.7 Å². The predicted octanol–water partition coefficient (Wildman–Crippen LogP) is 2.82. The fourth-order valence-corrected chi connectivity index (χ4v) is 3.67. The molecule has 1 aliphatic rings. The van der Waals surface area contributed by atoms with Crippen LogP contribution in [-0.2, 0) is 17.8 Å². The third-order valence-electron chi connectivity index (χ3n) is 5.33. The number of nitrogens with zero attached hydrogens (tertiary/aromatic N) is 3. The van der Waals surface area contributed by atoms with Crippen LogP contribution in [0.15, 0.2) is 60.8 Å². The van der Waals surface area contributed by atoms with Gasteiger partial charge in [-0.05, 0) is 35.4 Å². The number of hydrogen-bond acceptors (Lipinski definition) is 4. The summed E-state index contributed by atoms with van der Waals surface area (Å²) >= 11 is 0. The molecular formula is C23H23N3O3. The molecule has 1 aromatic heterocycles. The lowest BCUT2D eigenvalue weighted by atomic mass is 10.1. The summed E-state index contributed by atoms with van der Waals surface area (Å²) in [5.74, 6) is -0.874. The maximum absolute atomic E-state index is 12.6. The maximum atomic E-state index is 12.6. The van der Waals surface area contributed by atoms with Crippen LogP contribution in [0.25, 0.3) is 10.9 Å². The van der Waals surface area contributed by atoms with Crippen molar-refractivity contribution in [1.82, 2.24) is 14.8 Å². The molecule has 4 rings (SSSR count). The average Bonchev–Trinajstić information content (AvgIpc) is 2.74. The molecule has 2 aromatic carbocycles. The van der Waals surface area contributed by atoms with E-state index in [2.05, 4.69) is 22.0 Å². The van der Waals surface area contributed by atoms with E-state index in [9.17, 15) is 9.59 Å².